The number of rotatable bonds is 5. The van der Waals surface area contributed by atoms with Crippen LogP contribution in [0.25, 0.3) is 0 Å². The lowest BCUT2D eigenvalue weighted by atomic mass is 9.83. The van der Waals surface area contributed by atoms with Crippen molar-refractivity contribution in [2.45, 2.75) is 37.9 Å². The molecule has 0 radical (unpaired) electrons. The molecule has 1 N–H and O–H groups in total. The summed E-state index contributed by atoms with van der Waals surface area (Å²) in [7, 11) is 0. The number of pyridine rings is 2. The number of piperidine rings is 1. The number of nitrogens with one attached hydrogen (secondary N) is 1. The zero-order valence-corrected chi connectivity index (χ0v) is 18.1. The van der Waals surface area contributed by atoms with Crippen LogP contribution < -0.4 is 10.2 Å². The van der Waals surface area contributed by atoms with Crippen LogP contribution >= 0.6 is 0 Å². The molecule has 9 heteroatoms. The van der Waals surface area contributed by atoms with E-state index in [4.69, 9.17) is 4.74 Å². The molecule has 2 unspecified atom stereocenters. The molecule has 2 aromatic rings. The third-order valence-corrected chi connectivity index (χ3v) is 7.20. The molecule has 0 spiro atoms. The molecule has 5 fully saturated rings. The second-order valence-corrected chi connectivity index (χ2v) is 9.35. The van der Waals surface area contributed by atoms with Gasteiger partial charge in [-0.15, -0.1) is 0 Å². The highest BCUT2D eigenvalue weighted by Gasteiger charge is 2.56. The molecule has 1 saturated carbocycles. The monoisotopic (exact) mass is 444 g/mol. The van der Waals surface area contributed by atoms with Gasteiger partial charge in [0.15, 0.2) is 0 Å². The molecular weight excluding hydrogens is 420 g/mol. The first-order chi connectivity index (χ1) is 16.1. The third-order valence-electron chi connectivity index (χ3n) is 7.20. The van der Waals surface area contributed by atoms with E-state index in [1.165, 1.54) is 0 Å². The van der Waals surface area contributed by atoms with Gasteiger partial charge in [-0.2, -0.15) is 5.26 Å². The minimum atomic E-state index is -0.873. The van der Waals surface area contributed by atoms with Gasteiger partial charge in [0.25, 0.3) is 5.91 Å². The number of carbonyl (C=O) groups is 2. The second-order valence-electron chi connectivity index (χ2n) is 9.35. The Morgan fingerprint density at radius 3 is 2.64 bits per heavy atom. The lowest BCUT2D eigenvalue weighted by Crippen LogP contribution is -2.58. The number of nitrogens with zero attached hydrogens (tertiary/aromatic N) is 5. The van der Waals surface area contributed by atoms with E-state index in [1.807, 2.05) is 4.90 Å². The SMILES string of the molecule is N#C[C@@]1(C2CC2)CCN(c2ccnc(Nc3ccc(C(=O)N4CC5CC(C4)O5)cn3)c2)C1=O. The summed E-state index contributed by atoms with van der Waals surface area (Å²) in [6, 6.07) is 9.39. The average Bonchev–Trinajstić information content (AvgIpc) is 3.63. The standard InChI is InChI=1S/C24H24N6O3/c25-14-24(16-2-3-16)6-8-30(23(24)32)17-5-7-26-21(9-17)28-20-4-1-15(11-27-20)22(31)29-12-18-10-19(13-29)33-18/h1,4-5,7,9,11,16,18-19H,2-3,6,8,10,12-13H2,(H,26,27,28)/t18?,19?,24-/m1/s1. The van der Waals surface area contributed by atoms with Crippen LogP contribution in [0, 0.1) is 22.7 Å². The number of morpholine rings is 1. The van der Waals surface area contributed by atoms with Gasteiger partial charge in [0.05, 0.1) is 23.8 Å². The maximum absolute atomic E-state index is 13.1. The van der Waals surface area contributed by atoms with Gasteiger partial charge in [-0.1, -0.05) is 0 Å². The van der Waals surface area contributed by atoms with Crippen LogP contribution in [0.4, 0.5) is 17.3 Å². The van der Waals surface area contributed by atoms with Crippen molar-refractivity contribution in [1.29, 1.82) is 5.26 Å². The van der Waals surface area contributed by atoms with Gasteiger partial charge < -0.3 is 19.9 Å². The Labute approximate surface area is 191 Å². The minimum absolute atomic E-state index is 0.0312. The zero-order valence-electron chi connectivity index (χ0n) is 18.1. The Balaban J connectivity index is 1.14. The van der Waals surface area contributed by atoms with Crippen molar-refractivity contribution in [3.05, 3.63) is 42.2 Å². The molecule has 9 nitrogen and oxygen atoms in total. The third kappa shape index (κ3) is 3.42. The van der Waals surface area contributed by atoms with Crippen LogP contribution in [0.1, 0.15) is 36.0 Å². The van der Waals surface area contributed by atoms with E-state index in [2.05, 4.69) is 21.4 Å². The minimum Gasteiger partial charge on any atom is -0.371 e. The molecule has 3 atom stereocenters. The normalized spacial score (nSPS) is 28.3. The van der Waals surface area contributed by atoms with Crippen molar-refractivity contribution < 1.29 is 14.3 Å². The highest BCUT2D eigenvalue weighted by molar-refractivity contribution is 6.02. The fourth-order valence-electron chi connectivity index (χ4n) is 5.22. The second kappa shape index (κ2) is 7.52. The van der Waals surface area contributed by atoms with Gasteiger partial charge >= 0.3 is 0 Å². The number of hydrogen-bond acceptors (Lipinski definition) is 7. The summed E-state index contributed by atoms with van der Waals surface area (Å²) in [5, 5.41) is 12.8. The van der Waals surface area contributed by atoms with Crippen LogP contribution in [0.2, 0.25) is 0 Å². The number of nitriles is 1. The Hall–Kier alpha value is -3.51. The van der Waals surface area contributed by atoms with Crippen LogP contribution in [0.15, 0.2) is 36.7 Å². The van der Waals surface area contributed by atoms with Crippen molar-refractivity contribution in [2.75, 3.05) is 29.9 Å². The quantitative estimate of drug-likeness (QED) is 0.754. The van der Waals surface area contributed by atoms with Gasteiger partial charge in [0.2, 0.25) is 5.91 Å². The fraction of sp³-hybridized carbons (Fsp3) is 0.458. The number of fused-ring (bicyclic) bond motifs is 2. The number of hydrogen-bond donors (Lipinski definition) is 1. The van der Waals surface area contributed by atoms with Crippen LogP contribution in [-0.4, -0.2) is 58.5 Å². The van der Waals surface area contributed by atoms with Gasteiger partial charge in [-0.3, -0.25) is 9.59 Å². The molecular formula is C24H24N6O3. The van der Waals surface area contributed by atoms with Crippen molar-refractivity contribution >= 4 is 29.1 Å². The molecule has 4 saturated heterocycles. The van der Waals surface area contributed by atoms with Gasteiger partial charge in [0.1, 0.15) is 17.1 Å². The first-order valence-corrected chi connectivity index (χ1v) is 11.4. The van der Waals surface area contributed by atoms with Crippen molar-refractivity contribution in [3.8, 4) is 6.07 Å². The molecule has 0 aromatic carbocycles. The summed E-state index contributed by atoms with van der Waals surface area (Å²) in [6.07, 6.45) is 7.06. The summed E-state index contributed by atoms with van der Waals surface area (Å²) in [6.45, 7) is 1.80. The first-order valence-electron chi connectivity index (χ1n) is 11.4. The molecule has 2 bridgehead atoms. The zero-order chi connectivity index (χ0) is 22.6. The number of ether oxygens (including phenoxy) is 1. The fourth-order valence-corrected chi connectivity index (χ4v) is 5.22. The Kier molecular flexibility index (Phi) is 4.59. The number of amides is 2. The Bertz CT molecular complexity index is 1140. The van der Waals surface area contributed by atoms with E-state index in [1.54, 1.807) is 41.6 Å². The molecule has 2 aromatic heterocycles. The van der Waals surface area contributed by atoms with E-state index in [0.717, 1.165) is 19.3 Å². The Morgan fingerprint density at radius 2 is 1.97 bits per heavy atom. The summed E-state index contributed by atoms with van der Waals surface area (Å²) >= 11 is 0. The summed E-state index contributed by atoms with van der Waals surface area (Å²) in [5.41, 5.74) is 0.383. The van der Waals surface area contributed by atoms with Gasteiger partial charge in [-0.05, 0) is 43.4 Å². The molecule has 5 aliphatic rings. The van der Waals surface area contributed by atoms with Crippen molar-refractivity contribution in [3.63, 3.8) is 0 Å². The average molecular weight is 444 g/mol. The van der Waals surface area contributed by atoms with Crippen molar-refractivity contribution in [1.82, 2.24) is 14.9 Å². The summed E-state index contributed by atoms with van der Waals surface area (Å²) in [4.78, 5) is 38.0. The lowest BCUT2D eigenvalue weighted by molar-refractivity contribution is -0.171. The number of aromatic nitrogens is 2. The first kappa shape index (κ1) is 20.1. The van der Waals surface area contributed by atoms with Gasteiger partial charge in [0, 0.05) is 50.2 Å². The van der Waals surface area contributed by atoms with Crippen LogP contribution in [-0.2, 0) is 9.53 Å². The molecule has 7 rings (SSSR count). The number of anilines is 3. The summed E-state index contributed by atoms with van der Waals surface area (Å²) in [5.74, 6) is 1.15. The molecule has 4 aliphatic heterocycles. The van der Waals surface area contributed by atoms with Crippen LogP contribution in [0.3, 0.4) is 0 Å². The molecule has 1 aliphatic carbocycles. The molecule has 168 valence electrons. The molecule has 33 heavy (non-hydrogen) atoms. The maximum Gasteiger partial charge on any atom is 0.255 e. The largest absolute Gasteiger partial charge is 0.371 e. The predicted octanol–water partition coefficient (Wildman–Crippen LogP) is 2.49. The lowest BCUT2D eigenvalue weighted by Gasteiger charge is -2.46. The number of carbonyl (C=O) groups excluding carboxylic acids is 2. The molecule has 2 amide bonds. The summed E-state index contributed by atoms with van der Waals surface area (Å²) < 4.78 is 5.60. The van der Waals surface area contributed by atoms with Gasteiger partial charge in [-0.25, -0.2) is 9.97 Å². The molecule has 6 heterocycles. The van der Waals surface area contributed by atoms with E-state index in [9.17, 15) is 14.9 Å². The van der Waals surface area contributed by atoms with E-state index in [-0.39, 0.29) is 29.9 Å². The highest BCUT2D eigenvalue weighted by Crippen LogP contribution is 2.51. The van der Waals surface area contributed by atoms with E-state index < -0.39 is 5.41 Å². The Morgan fingerprint density at radius 1 is 1.18 bits per heavy atom. The smallest absolute Gasteiger partial charge is 0.255 e. The van der Waals surface area contributed by atoms with E-state index >= 15 is 0 Å². The maximum atomic E-state index is 13.1. The topological polar surface area (TPSA) is 111 Å². The van der Waals surface area contributed by atoms with E-state index in [0.29, 0.717) is 48.9 Å². The predicted molar refractivity (Wildman–Crippen MR) is 119 cm³/mol. The highest BCUT2D eigenvalue weighted by atomic mass is 16.5. The van der Waals surface area contributed by atoms with Crippen molar-refractivity contribution in [2.24, 2.45) is 11.3 Å². The van der Waals surface area contributed by atoms with Crippen LogP contribution in [0.5, 0.6) is 0 Å².